The van der Waals surface area contributed by atoms with E-state index in [9.17, 15) is 4.79 Å². The van der Waals surface area contributed by atoms with Gasteiger partial charge in [0.2, 0.25) is 0 Å². The topological polar surface area (TPSA) is 55.1 Å². The Balaban J connectivity index is 1.83. The first-order valence-corrected chi connectivity index (χ1v) is 7.11. The Labute approximate surface area is 116 Å². The summed E-state index contributed by atoms with van der Waals surface area (Å²) >= 11 is 1.64. The van der Waals surface area contributed by atoms with Crippen molar-refractivity contribution in [2.75, 3.05) is 6.54 Å². The smallest absolute Gasteiger partial charge is 0.286 e. The molecular weight excluding hydrogens is 260 g/mol. The van der Waals surface area contributed by atoms with E-state index < -0.39 is 0 Å². The first kappa shape index (κ1) is 13.8. The van der Waals surface area contributed by atoms with Gasteiger partial charge in [0.1, 0.15) is 0 Å². The lowest BCUT2D eigenvalue weighted by Crippen LogP contribution is -2.25. The summed E-state index contributed by atoms with van der Waals surface area (Å²) in [4.78, 5) is 16.2. The van der Waals surface area contributed by atoms with Crippen molar-refractivity contribution in [1.29, 1.82) is 0 Å². The molecule has 4 nitrogen and oxygen atoms in total. The minimum atomic E-state index is -0.183. The third-order valence-corrected chi connectivity index (χ3v) is 3.60. The molecule has 0 aliphatic rings. The predicted molar refractivity (Wildman–Crippen MR) is 75.6 cm³/mol. The molecule has 0 fully saturated rings. The van der Waals surface area contributed by atoms with Crippen LogP contribution in [-0.2, 0) is 11.8 Å². The number of amides is 1. The standard InChI is InChI=1S/C14H18N2O2S/c1-14(2,3)11-9-19-12(16-11)6-7-15-13(17)10-5-4-8-18-10/h4-5,8-9H,6-7H2,1-3H3,(H,15,17). The molecule has 102 valence electrons. The van der Waals surface area contributed by atoms with Crippen LogP contribution < -0.4 is 5.32 Å². The SMILES string of the molecule is CC(C)(C)c1csc(CCNC(=O)c2ccco2)n1. The average molecular weight is 278 g/mol. The Hall–Kier alpha value is -1.62. The molecular formula is C14H18N2O2S. The fourth-order valence-corrected chi connectivity index (χ4v) is 2.57. The molecule has 2 rings (SSSR count). The molecule has 0 unspecified atom stereocenters. The van der Waals surface area contributed by atoms with E-state index in [4.69, 9.17) is 4.42 Å². The van der Waals surface area contributed by atoms with E-state index in [1.54, 1.807) is 23.5 Å². The summed E-state index contributed by atoms with van der Waals surface area (Å²) in [6, 6.07) is 3.35. The minimum absolute atomic E-state index is 0.0756. The van der Waals surface area contributed by atoms with Gasteiger partial charge in [-0.25, -0.2) is 4.98 Å². The molecule has 0 aliphatic heterocycles. The molecule has 5 heteroatoms. The van der Waals surface area contributed by atoms with Crippen LogP contribution in [-0.4, -0.2) is 17.4 Å². The highest BCUT2D eigenvalue weighted by molar-refractivity contribution is 7.09. The molecule has 0 aromatic carbocycles. The zero-order valence-corrected chi connectivity index (χ0v) is 12.2. The molecule has 0 atom stereocenters. The van der Waals surface area contributed by atoms with Gasteiger partial charge in [-0.2, -0.15) is 0 Å². The molecule has 2 aromatic heterocycles. The number of thiazole rings is 1. The van der Waals surface area contributed by atoms with Gasteiger partial charge in [-0.3, -0.25) is 4.79 Å². The summed E-state index contributed by atoms with van der Waals surface area (Å²) in [6.07, 6.45) is 2.23. The highest BCUT2D eigenvalue weighted by atomic mass is 32.1. The highest BCUT2D eigenvalue weighted by Gasteiger charge is 2.17. The number of nitrogens with one attached hydrogen (secondary N) is 1. The summed E-state index contributed by atoms with van der Waals surface area (Å²) in [7, 11) is 0. The van der Waals surface area contributed by atoms with Crippen LogP contribution in [0, 0.1) is 0 Å². The van der Waals surface area contributed by atoms with Gasteiger partial charge in [-0.05, 0) is 12.1 Å². The number of rotatable bonds is 4. The minimum Gasteiger partial charge on any atom is -0.459 e. The Kier molecular flexibility index (Phi) is 4.04. The van der Waals surface area contributed by atoms with Gasteiger partial charge in [-0.1, -0.05) is 20.8 Å². The van der Waals surface area contributed by atoms with Gasteiger partial charge in [0.25, 0.3) is 5.91 Å². The van der Waals surface area contributed by atoms with Crippen LogP contribution in [0.25, 0.3) is 0 Å². The second-order valence-corrected chi connectivity index (χ2v) is 6.30. The third-order valence-electron chi connectivity index (χ3n) is 2.69. The van der Waals surface area contributed by atoms with Crippen LogP contribution >= 0.6 is 11.3 Å². The van der Waals surface area contributed by atoms with Crippen molar-refractivity contribution >= 4 is 17.2 Å². The molecule has 0 bridgehead atoms. The maximum atomic E-state index is 11.6. The molecule has 0 saturated carbocycles. The number of hydrogen-bond acceptors (Lipinski definition) is 4. The van der Waals surface area contributed by atoms with E-state index >= 15 is 0 Å². The molecule has 2 aromatic rings. The number of carbonyl (C=O) groups excluding carboxylic acids is 1. The Morgan fingerprint density at radius 1 is 1.47 bits per heavy atom. The molecule has 2 heterocycles. The summed E-state index contributed by atoms with van der Waals surface area (Å²) in [5.41, 5.74) is 1.18. The van der Waals surface area contributed by atoms with Gasteiger partial charge in [0, 0.05) is 23.8 Å². The Bertz CT molecular complexity index is 538. The van der Waals surface area contributed by atoms with Crippen LogP contribution in [0.1, 0.15) is 42.0 Å². The second-order valence-electron chi connectivity index (χ2n) is 5.36. The predicted octanol–water partition coefficient (Wildman–Crippen LogP) is 3.01. The number of furan rings is 1. The lowest BCUT2D eigenvalue weighted by atomic mass is 9.93. The lowest BCUT2D eigenvalue weighted by molar-refractivity contribution is 0.0926. The number of nitrogens with zero attached hydrogens (tertiary/aromatic N) is 1. The van der Waals surface area contributed by atoms with Gasteiger partial charge < -0.3 is 9.73 Å². The first-order valence-electron chi connectivity index (χ1n) is 6.23. The normalized spacial score (nSPS) is 11.5. The lowest BCUT2D eigenvalue weighted by Gasteiger charge is -2.14. The molecule has 0 radical (unpaired) electrons. The molecule has 1 amide bonds. The van der Waals surface area contributed by atoms with E-state index in [0.29, 0.717) is 12.3 Å². The average Bonchev–Trinajstić information content (AvgIpc) is 2.99. The van der Waals surface area contributed by atoms with Crippen molar-refractivity contribution in [3.8, 4) is 0 Å². The number of aromatic nitrogens is 1. The van der Waals surface area contributed by atoms with Crippen LogP contribution in [0.4, 0.5) is 0 Å². The van der Waals surface area contributed by atoms with Crippen molar-refractivity contribution in [2.24, 2.45) is 0 Å². The van der Waals surface area contributed by atoms with Crippen molar-refractivity contribution in [2.45, 2.75) is 32.6 Å². The summed E-state index contributed by atoms with van der Waals surface area (Å²) in [6.45, 7) is 7.00. The summed E-state index contributed by atoms with van der Waals surface area (Å²) in [5, 5.41) is 5.95. The molecule has 0 saturated heterocycles. The van der Waals surface area contributed by atoms with Gasteiger partial charge in [-0.15, -0.1) is 11.3 Å². The van der Waals surface area contributed by atoms with Crippen molar-refractivity contribution in [1.82, 2.24) is 10.3 Å². The van der Waals surface area contributed by atoms with Gasteiger partial charge in [0.05, 0.1) is 17.0 Å². The highest BCUT2D eigenvalue weighted by Crippen LogP contribution is 2.23. The maximum Gasteiger partial charge on any atom is 0.286 e. The quantitative estimate of drug-likeness (QED) is 0.935. The largest absolute Gasteiger partial charge is 0.459 e. The zero-order chi connectivity index (χ0) is 13.9. The Morgan fingerprint density at radius 2 is 2.26 bits per heavy atom. The maximum absolute atomic E-state index is 11.6. The van der Waals surface area contributed by atoms with E-state index in [-0.39, 0.29) is 11.3 Å². The van der Waals surface area contributed by atoms with Crippen LogP contribution in [0.2, 0.25) is 0 Å². The fraction of sp³-hybridized carbons (Fsp3) is 0.429. The number of hydrogen-bond donors (Lipinski definition) is 1. The fourth-order valence-electron chi connectivity index (χ4n) is 1.55. The molecule has 19 heavy (non-hydrogen) atoms. The van der Waals surface area contributed by atoms with Crippen molar-refractivity contribution < 1.29 is 9.21 Å². The van der Waals surface area contributed by atoms with E-state index in [0.717, 1.165) is 17.1 Å². The molecule has 0 aliphatic carbocycles. The number of carbonyl (C=O) groups is 1. The molecule has 1 N–H and O–H groups in total. The van der Waals surface area contributed by atoms with Crippen molar-refractivity contribution in [3.05, 3.63) is 40.2 Å². The monoisotopic (exact) mass is 278 g/mol. The summed E-state index contributed by atoms with van der Waals surface area (Å²) in [5.74, 6) is 0.159. The van der Waals surface area contributed by atoms with Crippen LogP contribution in [0.3, 0.4) is 0 Å². The second kappa shape index (κ2) is 5.57. The van der Waals surface area contributed by atoms with Crippen LogP contribution in [0.5, 0.6) is 0 Å². The Morgan fingerprint density at radius 3 is 2.84 bits per heavy atom. The van der Waals surface area contributed by atoms with E-state index in [2.05, 4.69) is 36.5 Å². The summed E-state index contributed by atoms with van der Waals surface area (Å²) < 4.78 is 5.02. The van der Waals surface area contributed by atoms with Crippen LogP contribution in [0.15, 0.2) is 28.2 Å². The first-order chi connectivity index (χ1) is 8.97. The molecule has 0 spiro atoms. The third kappa shape index (κ3) is 3.67. The van der Waals surface area contributed by atoms with Gasteiger partial charge >= 0.3 is 0 Å². The van der Waals surface area contributed by atoms with Gasteiger partial charge in [0.15, 0.2) is 5.76 Å². The van der Waals surface area contributed by atoms with Crippen molar-refractivity contribution in [3.63, 3.8) is 0 Å². The van der Waals surface area contributed by atoms with E-state index in [1.807, 2.05) is 0 Å². The zero-order valence-electron chi connectivity index (χ0n) is 11.4. The van der Waals surface area contributed by atoms with E-state index in [1.165, 1.54) is 6.26 Å².